The van der Waals surface area contributed by atoms with Crippen LogP contribution in [-0.4, -0.2) is 50.3 Å². The van der Waals surface area contributed by atoms with Crippen LogP contribution < -0.4 is 9.47 Å². The lowest BCUT2D eigenvalue weighted by Crippen LogP contribution is -2.48. The first kappa shape index (κ1) is 16.6. The molecule has 0 aliphatic carbocycles. The topological polar surface area (TPSA) is 48.0 Å². The van der Waals surface area contributed by atoms with E-state index in [-0.39, 0.29) is 18.1 Å². The molecule has 0 saturated carbocycles. The lowest BCUT2D eigenvalue weighted by atomic mass is 10.1. The van der Waals surface area contributed by atoms with Crippen molar-refractivity contribution in [2.45, 2.75) is 38.9 Å². The minimum Gasteiger partial charge on any atom is -0.497 e. The van der Waals surface area contributed by atoms with E-state index >= 15 is 0 Å². The molecule has 2 unspecified atom stereocenters. The first-order chi connectivity index (χ1) is 10.5. The Balaban J connectivity index is 1.98. The van der Waals surface area contributed by atoms with Gasteiger partial charge >= 0.3 is 0 Å². The molecule has 5 heteroatoms. The number of ether oxygens (including phenoxy) is 3. The molecule has 0 bridgehead atoms. The molecule has 1 fully saturated rings. The minimum absolute atomic E-state index is 0.0963. The number of hydrogen-bond acceptors (Lipinski definition) is 4. The number of rotatable bonds is 5. The van der Waals surface area contributed by atoms with Gasteiger partial charge in [-0.2, -0.15) is 0 Å². The van der Waals surface area contributed by atoms with E-state index in [0.29, 0.717) is 25.9 Å². The third-order valence-corrected chi connectivity index (χ3v) is 3.87. The molecule has 1 aromatic carbocycles. The number of aryl methyl sites for hydroxylation is 1. The molecule has 1 heterocycles. The van der Waals surface area contributed by atoms with Crippen LogP contribution in [0.25, 0.3) is 0 Å². The van der Waals surface area contributed by atoms with Gasteiger partial charge < -0.3 is 19.1 Å². The molecule has 1 aliphatic rings. The molecule has 0 aromatic heterocycles. The van der Waals surface area contributed by atoms with E-state index in [9.17, 15) is 4.79 Å². The van der Waals surface area contributed by atoms with Gasteiger partial charge in [0.2, 0.25) is 5.91 Å². The zero-order valence-corrected chi connectivity index (χ0v) is 13.8. The molecule has 1 amide bonds. The van der Waals surface area contributed by atoms with Gasteiger partial charge in [-0.25, -0.2) is 0 Å². The fourth-order valence-corrected chi connectivity index (χ4v) is 2.86. The molecule has 122 valence electrons. The SMILES string of the molecule is COc1ccc(OC)c(CCC(=O)N2CC(C)OC(C)C2)c1. The van der Waals surface area contributed by atoms with Crippen molar-refractivity contribution in [3.05, 3.63) is 23.8 Å². The maximum Gasteiger partial charge on any atom is 0.223 e. The number of carbonyl (C=O) groups excluding carboxylic acids is 1. The third kappa shape index (κ3) is 4.13. The zero-order chi connectivity index (χ0) is 16.1. The Morgan fingerprint density at radius 3 is 2.50 bits per heavy atom. The lowest BCUT2D eigenvalue weighted by Gasteiger charge is -2.35. The molecule has 5 nitrogen and oxygen atoms in total. The summed E-state index contributed by atoms with van der Waals surface area (Å²) in [7, 11) is 3.27. The van der Waals surface area contributed by atoms with Crippen molar-refractivity contribution in [2.75, 3.05) is 27.3 Å². The molecular weight excluding hydrogens is 282 g/mol. The van der Waals surface area contributed by atoms with Gasteiger partial charge in [-0.05, 0) is 44.0 Å². The highest BCUT2D eigenvalue weighted by Crippen LogP contribution is 2.25. The molecule has 1 saturated heterocycles. The highest BCUT2D eigenvalue weighted by Gasteiger charge is 2.25. The lowest BCUT2D eigenvalue weighted by molar-refractivity contribution is -0.143. The van der Waals surface area contributed by atoms with Crippen LogP contribution >= 0.6 is 0 Å². The standard InChI is InChI=1S/C17H25NO4/c1-12-10-18(11-13(2)22-12)17(19)8-5-14-9-15(20-3)6-7-16(14)21-4/h6-7,9,12-13H,5,8,10-11H2,1-4H3. The first-order valence-electron chi connectivity index (χ1n) is 7.67. The Morgan fingerprint density at radius 2 is 1.91 bits per heavy atom. The molecule has 2 atom stereocenters. The van der Waals surface area contributed by atoms with Crippen molar-refractivity contribution in [3.8, 4) is 11.5 Å². The van der Waals surface area contributed by atoms with Crippen molar-refractivity contribution in [1.82, 2.24) is 4.90 Å². The highest BCUT2D eigenvalue weighted by atomic mass is 16.5. The van der Waals surface area contributed by atoms with E-state index < -0.39 is 0 Å². The number of hydrogen-bond donors (Lipinski definition) is 0. The van der Waals surface area contributed by atoms with Crippen LogP contribution in [0.1, 0.15) is 25.8 Å². The number of methoxy groups -OCH3 is 2. The summed E-state index contributed by atoms with van der Waals surface area (Å²) in [5.41, 5.74) is 0.990. The van der Waals surface area contributed by atoms with E-state index in [1.165, 1.54) is 0 Å². The average Bonchev–Trinajstić information content (AvgIpc) is 2.51. The quantitative estimate of drug-likeness (QED) is 0.837. The van der Waals surface area contributed by atoms with Crippen molar-refractivity contribution >= 4 is 5.91 Å². The predicted molar refractivity (Wildman–Crippen MR) is 84.5 cm³/mol. The summed E-state index contributed by atoms with van der Waals surface area (Å²) in [6.07, 6.45) is 1.29. The number of amides is 1. The third-order valence-electron chi connectivity index (χ3n) is 3.87. The Hall–Kier alpha value is -1.75. The van der Waals surface area contributed by atoms with Gasteiger partial charge in [0.1, 0.15) is 11.5 Å². The largest absolute Gasteiger partial charge is 0.497 e. The summed E-state index contributed by atoms with van der Waals surface area (Å²) in [6.45, 7) is 5.33. The van der Waals surface area contributed by atoms with Gasteiger partial charge in [0.05, 0.1) is 26.4 Å². The maximum atomic E-state index is 12.4. The normalized spacial score (nSPS) is 21.5. The molecule has 0 spiro atoms. The molecule has 1 aromatic rings. The van der Waals surface area contributed by atoms with E-state index in [4.69, 9.17) is 14.2 Å². The number of nitrogens with zero attached hydrogens (tertiary/aromatic N) is 1. The predicted octanol–water partition coefficient (Wildman–Crippen LogP) is 2.27. The molecule has 1 aliphatic heterocycles. The minimum atomic E-state index is 0.0963. The van der Waals surface area contributed by atoms with Gasteiger partial charge in [0, 0.05) is 19.5 Å². The van der Waals surface area contributed by atoms with Crippen molar-refractivity contribution in [3.63, 3.8) is 0 Å². The number of carbonyl (C=O) groups is 1. The zero-order valence-electron chi connectivity index (χ0n) is 13.8. The van der Waals surface area contributed by atoms with Crippen LogP contribution in [0.15, 0.2) is 18.2 Å². The average molecular weight is 307 g/mol. The molecule has 22 heavy (non-hydrogen) atoms. The van der Waals surface area contributed by atoms with Crippen molar-refractivity contribution in [1.29, 1.82) is 0 Å². The summed E-state index contributed by atoms with van der Waals surface area (Å²) in [5.74, 6) is 1.72. The van der Waals surface area contributed by atoms with Gasteiger partial charge in [-0.15, -0.1) is 0 Å². The molecule has 0 radical (unpaired) electrons. The summed E-state index contributed by atoms with van der Waals surface area (Å²) < 4.78 is 16.3. The summed E-state index contributed by atoms with van der Waals surface area (Å²) >= 11 is 0. The van der Waals surface area contributed by atoms with E-state index in [0.717, 1.165) is 17.1 Å². The van der Waals surface area contributed by atoms with Gasteiger partial charge in [-0.3, -0.25) is 4.79 Å². The highest BCUT2D eigenvalue weighted by molar-refractivity contribution is 5.76. The van der Waals surface area contributed by atoms with Crippen LogP contribution in [0.4, 0.5) is 0 Å². The van der Waals surface area contributed by atoms with Crippen LogP contribution in [0.3, 0.4) is 0 Å². The van der Waals surface area contributed by atoms with Crippen LogP contribution in [-0.2, 0) is 16.0 Å². The second kappa shape index (κ2) is 7.49. The van der Waals surface area contributed by atoms with Crippen molar-refractivity contribution < 1.29 is 19.0 Å². The fourth-order valence-electron chi connectivity index (χ4n) is 2.86. The van der Waals surface area contributed by atoms with Crippen LogP contribution in [0, 0.1) is 0 Å². The Morgan fingerprint density at radius 1 is 1.23 bits per heavy atom. The maximum absolute atomic E-state index is 12.4. The number of benzene rings is 1. The van der Waals surface area contributed by atoms with E-state index in [1.54, 1.807) is 14.2 Å². The van der Waals surface area contributed by atoms with Gasteiger partial charge in [0.15, 0.2) is 0 Å². The van der Waals surface area contributed by atoms with Gasteiger partial charge in [0.25, 0.3) is 0 Å². The molecule has 2 rings (SSSR count). The second-order valence-electron chi connectivity index (χ2n) is 5.73. The second-order valence-corrected chi connectivity index (χ2v) is 5.73. The van der Waals surface area contributed by atoms with E-state index in [2.05, 4.69) is 0 Å². The van der Waals surface area contributed by atoms with E-state index in [1.807, 2.05) is 36.9 Å². The molecular formula is C17H25NO4. The monoisotopic (exact) mass is 307 g/mol. The summed E-state index contributed by atoms with van der Waals surface area (Å²) in [4.78, 5) is 14.3. The molecule has 0 N–H and O–H groups in total. The smallest absolute Gasteiger partial charge is 0.223 e. The van der Waals surface area contributed by atoms with Crippen molar-refractivity contribution in [2.24, 2.45) is 0 Å². The summed E-state index contributed by atoms with van der Waals surface area (Å²) in [6, 6.07) is 5.66. The Labute approximate surface area is 132 Å². The van der Waals surface area contributed by atoms with Crippen LogP contribution in [0.2, 0.25) is 0 Å². The number of morpholine rings is 1. The first-order valence-corrected chi connectivity index (χ1v) is 7.67. The van der Waals surface area contributed by atoms with Crippen LogP contribution in [0.5, 0.6) is 11.5 Å². The Bertz CT molecular complexity index is 507. The Kier molecular flexibility index (Phi) is 5.66. The van der Waals surface area contributed by atoms with Gasteiger partial charge in [-0.1, -0.05) is 0 Å². The summed E-state index contributed by atoms with van der Waals surface area (Å²) in [5, 5.41) is 0. The fraction of sp³-hybridized carbons (Fsp3) is 0.588.